The van der Waals surface area contributed by atoms with Crippen LogP contribution in [-0.4, -0.2) is 60.6 Å². The van der Waals surface area contributed by atoms with E-state index in [1.165, 1.54) is 6.66 Å². The summed E-state index contributed by atoms with van der Waals surface area (Å²) >= 11 is 0. The molecule has 5 heteroatoms. The number of likely N-dealkylation sites (N-methyl/N-ethyl adjacent to an activating group) is 1. The Morgan fingerprint density at radius 3 is 2.16 bits per heavy atom. The Morgan fingerprint density at radius 2 is 1.74 bits per heavy atom. The Kier molecular flexibility index (Phi) is 5.34. The van der Waals surface area contributed by atoms with Crippen molar-refractivity contribution < 1.29 is 19.0 Å². The van der Waals surface area contributed by atoms with E-state index in [1.807, 2.05) is 51.5 Å². The monoisotopic (exact) mass is 286 g/mol. The standard InChI is InChI=1S/C14H24NO3P/c1-15(2,3)13(14(16)11-19(4,17)18)10-12-8-6-5-7-9-12/h5-9,13-14,16H,10-11H2,1-4H3/p+1. The zero-order valence-corrected chi connectivity index (χ0v) is 13.0. The van der Waals surface area contributed by atoms with Crippen LogP contribution in [0.2, 0.25) is 0 Å². The molecule has 0 amide bonds. The van der Waals surface area contributed by atoms with Gasteiger partial charge in [-0.05, 0) is 5.56 Å². The SMILES string of the molecule is C[N+](C)(C)C(Cc1ccccc1)C(O)CP(C)(=O)O. The summed E-state index contributed by atoms with van der Waals surface area (Å²) in [6.45, 7) is 1.30. The largest absolute Gasteiger partial charge is 0.386 e. The molecular formula is C14H25NO3P+. The van der Waals surface area contributed by atoms with Crippen LogP contribution in [0, 0.1) is 0 Å². The zero-order valence-electron chi connectivity index (χ0n) is 12.2. The van der Waals surface area contributed by atoms with Crippen LogP contribution in [0.3, 0.4) is 0 Å². The second kappa shape index (κ2) is 6.19. The van der Waals surface area contributed by atoms with E-state index in [4.69, 9.17) is 0 Å². The molecule has 0 saturated carbocycles. The fourth-order valence-electron chi connectivity index (χ4n) is 2.25. The molecule has 0 saturated heterocycles. The molecule has 0 aliphatic rings. The lowest BCUT2D eigenvalue weighted by Gasteiger charge is -2.37. The Bertz CT molecular complexity index is 436. The van der Waals surface area contributed by atoms with Gasteiger partial charge in [-0.1, -0.05) is 30.3 Å². The van der Waals surface area contributed by atoms with Crippen molar-refractivity contribution in [2.24, 2.45) is 0 Å². The van der Waals surface area contributed by atoms with E-state index in [0.29, 0.717) is 10.9 Å². The number of quaternary nitrogens is 1. The maximum atomic E-state index is 11.5. The predicted molar refractivity (Wildman–Crippen MR) is 78.6 cm³/mol. The van der Waals surface area contributed by atoms with Gasteiger partial charge in [0, 0.05) is 13.1 Å². The lowest BCUT2D eigenvalue weighted by Crippen LogP contribution is -2.53. The summed E-state index contributed by atoms with van der Waals surface area (Å²) in [4.78, 5) is 9.46. The number of rotatable bonds is 6. The van der Waals surface area contributed by atoms with Crippen molar-refractivity contribution in [2.45, 2.75) is 18.6 Å². The smallest absolute Gasteiger partial charge is 0.200 e. The van der Waals surface area contributed by atoms with Crippen LogP contribution >= 0.6 is 7.37 Å². The van der Waals surface area contributed by atoms with Gasteiger partial charge in [0.15, 0.2) is 7.37 Å². The molecule has 0 aliphatic carbocycles. The first-order chi connectivity index (χ1) is 8.59. The van der Waals surface area contributed by atoms with Gasteiger partial charge in [0.2, 0.25) is 0 Å². The molecule has 1 aromatic carbocycles. The van der Waals surface area contributed by atoms with Crippen LogP contribution in [0.5, 0.6) is 0 Å². The van der Waals surface area contributed by atoms with Gasteiger partial charge < -0.3 is 14.5 Å². The van der Waals surface area contributed by atoms with E-state index in [0.717, 1.165) is 5.56 Å². The maximum absolute atomic E-state index is 11.5. The van der Waals surface area contributed by atoms with Gasteiger partial charge >= 0.3 is 0 Å². The summed E-state index contributed by atoms with van der Waals surface area (Å²) < 4.78 is 12.0. The molecule has 19 heavy (non-hydrogen) atoms. The van der Waals surface area contributed by atoms with Crippen LogP contribution in [0.1, 0.15) is 5.56 Å². The molecule has 1 rings (SSSR count). The van der Waals surface area contributed by atoms with Gasteiger partial charge in [0.1, 0.15) is 12.1 Å². The molecular weight excluding hydrogens is 261 g/mol. The summed E-state index contributed by atoms with van der Waals surface area (Å²) in [5.74, 6) is 0. The highest BCUT2D eigenvalue weighted by Gasteiger charge is 2.34. The molecule has 3 atom stereocenters. The fraction of sp³-hybridized carbons (Fsp3) is 0.571. The van der Waals surface area contributed by atoms with Gasteiger partial charge in [0.05, 0.1) is 27.3 Å². The Balaban J connectivity index is 2.87. The van der Waals surface area contributed by atoms with E-state index in [-0.39, 0.29) is 12.2 Å². The highest BCUT2D eigenvalue weighted by molar-refractivity contribution is 7.57. The third-order valence-electron chi connectivity index (χ3n) is 3.25. The van der Waals surface area contributed by atoms with Crippen molar-refractivity contribution in [3.05, 3.63) is 35.9 Å². The van der Waals surface area contributed by atoms with E-state index in [9.17, 15) is 14.6 Å². The topological polar surface area (TPSA) is 57.5 Å². The molecule has 0 radical (unpaired) electrons. The summed E-state index contributed by atoms with van der Waals surface area (Å²) in [6.07, 6.45) is -0.160. The van der Waals surface area contributed by atoms with E-state index in [1.54, 1.807) is 0 Å². The number of nitrogens with zero attached hydrogens (tertiary/aromatic N) is 1. The normalized spacial score (nSPS) is 18.6. The third kappa shape index (κ3) is 5.87. The number of aliphatic hydroxyl groups is 1. The third-order valence-corrected chi connectivity index (χ3v) is 4.30. The molecule has 0 spiro atoms. The number of benzene rings is 1. The van der Waals surface area contributed by atoms with Crippen molar-refractivity contribution >= 4 is 7.37 Å². The van der Waals surface area contributed by atoms with Crippen LogP contribution in [-0.2, 0) is 11.0 Å². The highest BCUT2D eigenvalue weighted by Crippen LogP contribution is 2.37. The maximum Gasteiger partial charge on any atom is 0.200 e. The minimum atomic E-state index is -3.21. The van der Waals surface area contributed by atoms with Gasteiger partial charge in [-0.2, -0.15) is 0 Å². The summed E-state index contributed by atoms with van der Waals surface area (Å²) in [7, 11) is 2.77. The second-order valence-corrected chi connectivity index (χ2v) is 8.64. The molecule has 0 fully saturated rings. The summed E-state index contributed by atoms with van der Waals surface area (Å²) in [5.41, 5.74) is 1.13. The zero-order chi connectivity index (χ0) is 14.7. The number of hydrogen-bond donors (Lipinski definition) is 2. The minimum Gasteiger partial charge on any atom is -0.386 e. The molecule has 0 heterocycles. The predicted octanol–water partition coefficient (Wildman–Crippen LogP) is 1.56. The highest BCUT2D eigenvalue weighted by atomic mass is 31.2. The number of hydrogen-bond acceptors (Lipinski definition) is 2. The fourth-order valence-corrected chi connectivity index (χ4v) is 3.19. The van der Waals surface area contributed by atoms with Gasteiger partial charge in [0.25, 0.3) is 0 Å². The molecule has 1 aromatic rings. The van der Waals surface area contributed by atoms with E-state index < -0.39 is 13.5 Å². The average Bonchev–Trinajstić information content (AvgIpc) is 2.23. The first-order valence-corrected chi connectivity index (χ1v) is 8.71. The van der Waals surface area contributed by atoms with Gasteiger partial charge in [-0.15, -0.1) is 0 Å². The van der Waals surface area contributed by atoms with Crippen LogP contribution in [0.4, 0.5) is 0 Å². The first kappa shape index (κ1) is 16.4. The number of aliphatic hydroxyl groups excluding tert-OH is 1. The average molecular weight is 286 g/mol. The molecule has 3 unspecified atom stereocenters. The van der Waals surface area contributed by atoms with Crippen molar-refractivity contribution in [3.8, 4) is 0 Å². The Labute approximate surface area is 115 Å². The molecule has 0 aromatic heterocycles. The Morgan fingerprint density at radius 1 is 1.21 bits per heavy atom. The van der Waals surface area contributed by atoms with Crippen molar-refractivity contribution in [2.75, 3.05) is 34.0 Å². The lowest BCUT2D eigenvalue weighted by atomic mass is 10.00. The second-order valence-electron chi connectivity index (χ2n) is 6.17. The minimum absolute atomic E-state index is 0.0555. The molecule has 108 valence electrons. The molecule has 2 N–H and O–H groups in total. The van der Waals surface area contributed by atoms with E-state index in [2.05, 4.69) is 0 Å². The van der Waals surface area contributed by atoms with Crippen molar-refractivity contribution in [1.29, 1.82) is 0 Å². The van der Waals surface area contributed by atoms with Crippen LogP contribution in [0.15, 0.2) is 30.3 Å². The van der Waals surface area contributed by atoms with Gasteiger partial charge in [-0.3, -0.25) is 4.57 Å². The van der Waals surface area contributed by atoms with Crippen molar-refractivity contribution in [1.82, 2.24) is 0 Å². The quantitative estimate of drug-likeness (QED) is 0.616. The van der Waals surface area contributed by atoms with E-state index >= 15 is 0 Å². The van der Waals surface area contributed by atoms with Crippen LogP contribution in [0.25, 0.3) is 0 Å². The molecule has 4 nitrogen and oxygen atoms in total. The summed E-state index contributed by atoms with van der Waals surface area (Å²) in [5, 5.41) is 10.3. The van der Waals surface area contributed by atoms with Gasteiger partial charge in [-0.25, -0.2) is 0 Å². The van der Waals surface area contributed by atoms with Crippen LogP contribution < -0.4 is 0 Å². The first-order valence-electron chi connectivity index (χ1n) is 6.42. The summed E-state index contributed by atoms with van der Waals surface area (Å²) in [6, 6.07) is 9.80. The Hall–Kier alpha value is -0.670. The molecule has 0 bridgehead atoms. The van der Waals surface area contributed by atoms with Crippen molar-refractivity contribution in [3.63, 3.8) is 0 Å². The lowest BCUT2D eigenvalue weighted by molar-refractivity contribution is -0.899. The molecule has 0 aliphatic heterocycles.